The van der Waals surface area contributed by atoms with Crippen molar-refractivity contribution < 1.29 is 23.8 Å². The first kappa shape index (κ1) is 35.0. The third kappa shape index (κ3) is 12.2. The highest BCUT2D eigenvalue weighted by molar-refractivity contribution is 7.80. The lowest BCUT2D eigenvalue weighted by molar-refractivity contribution is 0.0342. The summed E-state index contributed by atoms with van der Waals surface area (Å²) in [7, 11) is 0. The lowest BCUT2D eigenvalue weighted by Crippen LogP contribution is -2.17. The molecule has 6 heteroatoms. The third-order valence-electron chi connectivity index (χ3n) is 7.89. The molecular weight excluding hydrogens is 568 g/mol. The Bertz CT molecular complexity index is 1300. The van der Waals surface area contributed by atoms with E-state index in [1.54, 1.807) is 24.3 Å². The van der Waals surface area contributed by atoms with E-state index in [0.717, 1.165) is 29.5 Å². The molecule has 0 saturated heterocycles. The molecule has 0 radical (unpaired) electrons. The van der Waals surface area contributed by atoms with Gasteiger partial charge in [0, 0.05) is 11.1 Å². The second-order valence-electron chi connectivity index (χ2n) is 11.6. The van der Waals surface area contributed by atoms with E-state index in [1.807, 2.05) is 50.2 Å². The minimum atomic E-state index is -0.988. The van der Waals surface area contributed by atoms with Gasteiger partial charge in [-0.05, 0) is 60.3 Å². The molecule has 0 aliphatic rings. The monoisotopic (exact) mass is 616 g/mol. The van der Waals surface area contributed by atoms with E-state index in [9.17, 15) is 9.59 Å². The van der Waals surface area contributed by atoms with Crippen LogP contribution in [0.1, 0.15) is 113 Å². The van der Waals surface area contributed by atoms with Gasteiger partial charge in [-0.3, -0.25) is 0 Å². The molecule has 0 aromatic heterocycles. The fraction of sp³-hybridized carbons (Fsp3) is 0.447. The molecule has 3 rings (SSSR count). The van der Waals surface area contributed by atoms with Crippen molar-refractivity contribution in [3.63, 3.8) is 0 Å². The average Bonchev–Trinajstić information content (AvgIpc) is 3.05. The summed E-state index contributed by atoms with van der Waals surface area (Å²) >= 11 is 5.65. The van der Waals surface area contributed by atoms with E-state index in [4.69, 9.17) is 26.4 Å². The zero-order valence-corrected chi connectivity index (χ0v) is 27.5. The first-order chi connectivity index (χ1) is 21.4. The number of aryl methyl sites for hydroxylation is 1. The van der Waals surface area contributed by atoms with Crippen molar-refractivity contribution in [1.82, 2.24) is 0 Å². The third-order valence-corrected chi connectivity index (χ3v) is 8.21. The molecule has 0 aliphatic heterocycles. The number of carbonyl (C=O) groups is 2. The largest absolute Gasteiger partial charge is 0.516 e. The molecular formula is C38H48O5S. The van der Waals surface area contributed by atoms with Crippen LogP contribution in [0, 0.1) is 5.92 Å². The number of unbranched alkanes of at least 4 members (excludes halogenated alkanes) is 9. The Morgan fingerprint density at radius 1 is 0.727 bits per heavy atom. The Morgan fingerprint density at radius 2 is 1.32 bits per heavy atom. The number of esters is 1. The summed E-state index contributed by atoms with van der Waals surface area (Å²) in [6.07, 6.45) is 14.3. The molecule has 1 atom stereocenters. The van der Waals surface area contributed by atoms with Gasteiger partial charge >= 0.3 is 12.1 Å². The van der Waals surface area contributed by atoms with Crippen LogP contribution in [0.25, 0.3) is 11.1 Å². The summed E-state index contributed by atoms with van der Waals surface area (Å²) in [5.74, 6) is 0.0644. The maximum atomic E-state index is 12.4. The van der Waals surface area contributed by atoms with E-state index < -0.39 is 12.1 Å². The second kappa shape index (κ2) is 19.7. The Hall–Kier alpha value is -3.51. The Kier molecular flexibility index (Phi) is 15.7. The van der Waals surface area contributed by atoms with Crippen LogP contribution >= 0.6 is 12.2 Å². The van der Waals surface area contributed by atoms with Crippen LogP contribution in [0.2, 0.25) is 0 Å². The molecule has 236 valence electrons. The zero-order valence-electron chi connectivity index (χ0n) is 26.6. The van der Waals surface area contributed by atoms with Crippen LogP contribution in [0.3, 0.4) is 0 Å². The van der Waals surface area contributed by atoms with E-state index in [2.05, 4.69) is 19.1 Å². The summed E-state index contributed by atoms with van der Waals surface area (Å²) in [4.78, 5) is 24.2. The van der Waals surface area contributed by atoms with Crippen molar-refractivity contribution in [2.75, 3.05) is 6.61 Å². The number of ether oxygens (including phenoxy) is 3. The van der Waals surface area contributed by atoms with Crippen molar-refractivity contribution in [2.45, 2.75) is 97.8 Å². The standard InChI is InChI=1S/C38H48O5S/c1-4-6-7-8-9-10-11-12-13-14-17-30-20-22-33(23-21-30)37(44)42-35-19-16-15-18-34(35)31-24-26-32(27-25-31)36(39)43-38(40)41-28-29(3)5-2/h15-16,18-27,29H,4-14,17,28H2,1-3H3/t29-/m0/s1. The molecule has 5 nitrogen and oxygen atoms in total. The summed E-state index contributed by atoms with van der Waals surface area (Å²) in [5, 5.41) is 0.402. The molecule has 0 amide bonds. The molecule has 0 saturated carbocycles. The number of rotatable bonds is 18. The highest BCUT2D eigenvalue weighted by Crippen LogP contribution is 2.31. The first-order valence-electron chi connectivity index (χ1n) is 16.3. The fourth-order valence-corrected chi connectivity index (χ4v) is 5.08. The molecule has 0 aliphatic carbocycles. The predicted molar refractivity (Wildman–Crippen MR) is 182 cm³/mol. The van der Waals surface area contributed by atoms with E-state index >= 15 is 0 Å². The molecule has 0 unspecified atom stereocenters. The number of carbonyl (C=O) groups excluding carboxylic acids is 2. The van der Waals surface area contributed by atoms with Crippen LogP contribution in [0.15, 0.2) is 72.8 Å². The van der Waals surface area contributed by atoms with E-state index in [0.29, 0.717) is 10.8 Å². The van der Waals surface area contributed by atoms with Gasteiger partial charge in [0.1, 0.15) is 5.75 Å². The number of hydrogen-bond donors (Lipinski definition) is 0. The maximum absolute atomic E-state index is 12.4. The van der Waals surface area contributed by atoms with Gasteiger partial charge in [0.2, 0.25) is 0 Å². The van der Waals surface area contributed by atoms with Gasteiger partial charge in [-0.2, -0.15) is 0 Å². The average molecular weight is 617 g/mol. The molecule has 44 heavy (non-hydrogen) atoms. The van der Waals surface area contributed by atoms with Crippen molar-refractivity contribution >= 4 is 29.4 Å². The molecule has 3 aromatic rings. The fourth-order valence-electron chi connectivity index (χ4n) is 4.86. The zero-order chi connectivity index (χ0) is 31.6. The number of benzene rings is 3. The van der Waals surface area contributed by atoms with Crippen LogP contribution in [-0.4, -0.2) is 23.8 Å². The van der Waals surface area contributed by atoms with Crippen LogP contribution in [-0.2, 0) is 15.9 Å². The highest BCUT2D eigenvalue weighted by atomic mass is 32.1. The molecule has 0 heterocycles. The molecule has 0 N–H and O–H groups in total. The summed E-state index contributed by atoms with van der Waals surface area (Å²) in [6, 6.07) is 22.8. The van der Waals surface area contributed by atoms with Crippen molar-refractivity contribution in [3.05, 3.63) is 89.5 Å². The van der Waals surface area contributed by atoms with E-state index in [1.165, 1.54) is 69.8 Å². The van der Waals surface area contributed by atoms with Crippen molar-refractivity contribution in [3.8, 4) is 16.9 Å². The van der Waals surface area contributed by atoms with Crippen molar-refractivity contribution in [1.29, 1.82) is 0 Å². The van der Waals surface area contributed by atoms with E-state index in [-0.39, 0.29) is 18.1 Å². The molecule has 0 fully saturated rings. The van der Waals surface area contributed by atoms with Gasteiger partial charge in [0.15, 0.2) is 5.05 Å². The lowest BCUT2D eigenvalue weighted by Gasteiger charge is -2.13. The quantitative estimate of drug-likeness (QED) is 0.0613. The predicted octanol–water partition coefficient (Wildman–Crippen LogP) is 10.9. The topological polar surface area (TPSA) is 61.8 Å². The molecule has 0 spiro atoms. The van der Waals surface area contributed by atoms with Crippen molar-refractivity contribution in [2.24, 2.45) is 5.92 Å². The minimum Gasteiger partial charge on any atom is -0.445 e. The summed E-state index contributed by atoms with van der Waals surface area (Å²) in [5.41, 5.74) is 4.10. The van der Waals surface area contributed by atoms with Gasteiger partial charge in [-0.25, -0.2) is 9.59 Å². The lowest BCUT2D eigenvalue weighted by atomic mass is 10.0. The molecule has 3 aromatic carbocycles. The Labute approximate surface area is 269 Å². The first-order valence-corrected chi connectivity index (χ1v) is 16.7. The Balaban J connectivity index is 1.48. The van der Waals surface area contributed by atoms with Gasteiger partial charge in [-0.1, -0.05) is 140 Å². The smallest absolute Gasteiger partial charge is 0.445 e. The SMILES string of the molecule is CCCCCCCCCCCCc1ccc(C(=S)Oc2ccccc2-c2ccc(C(=O)OC(=O)OC[C@@H](C)CC)cc2)cc1. The van der Waals surface area contributed by atoms with Gasteiger partial charge in [-0.15, -0.1) is 0 Å². The van der Waals surface area contributed by atoms with Gasteiger partial charge in [0.05, 0.1) is 12.2 Å². The number of para-hydroxylation sites is 1. The van der Waals surface area contributed by atoms with Crippen LogP contribution in [0.5, 0.6) is 5.75 Å². The van der Waals surface area contributed by atoms with Gasteiger partial charge in [0.25, 0.3) is 0 Å². The van der Waals surface area contributed by atoms with Crippen LogP contribution in [0.4, 0.5) is 4.79 Å². The summed E-state index contributed by atoms with van der Waals surface area (Å²) < 4.78 is 16.0. The number of hydrogen-bond acceptors (Lipinski definition) is 6. The molecule has 0 bridgehead atoms. The second-order valence-corrected chi connectivity index (χ2v) is 11.9. The normalized spacial score (nSPS) is 11.5. The van der Waals surface area contributed by atoms with Crippen LogP contribution < -0.4 is 4.74 Å². The minimum absolute atomic E-state index is 0.200. The summed E-state index contributed by atoms with van der Waals surface area (Å²) in [6.45, 7) is 6.43. The highest BCUT2D eigenvalue weighted by Gasteiger charge is 2.16. The Morgan fingerprint density at radius 3 is 1.95 bits per heavy atom. The number of thiocarbonyl (C=S) groups is 1. The maximum Gasteiger partial charge on any atom is 0.516 e. The van der Waals surface area contributed by atoms with Gasteiger partial charge < -0.3 is 14.2 Å².